The topological polar surface area (TPSA) is 54.9 Å². The number of anilines is 1. The minimum absolute atomic E-state index is 0.126. The SMILES string of the molecule is Cc1ccc(NC(=O)CSc2nc(-c3ccccc3Cl)ns2)cc1Cl. The maximum atomic E-state index is 12.1. The average Bonchev–Trinajstić information content (AvgIpc) is 3.05. The number of hydrogen-bond acceptors (Lipinski definition) is 5. The number of aromatic nitrogens is 2. The van der Waals surface area contributed by atoms with E-state index in [-0.39, 0.29) is 11.7 Å². The fourth-order valence-corrected chi connectivity index (χ4v) is 3.82. The van der Waals surface area contributed by atoms with Crippen LogP contribution in [-0.4, -0.2) is 21.0 Å². The van der Waals surface area contributed by atoms with Gasteiger partial charge in [0, 0.05) is 16.3 Å². The van der Waals surface area contributed by atoms with Crippen molar-refractivity contribution in [3.05, 3.63) is 58.1 Å². The highest BCUT2D eigenvalue weighted by atomic mass is 35.5. The van der Waals surface area contributed by atoms with Gasteiger partial charge >= 0.3 is 0 Å². The lowest BCUT2D eigenvalue weighted by Crippen LogP contribution is -2.13. The first-order chi connectivity index (χ1) is 12.0. The maximum Gasteiger partial charge on any atom is 0.234 e. The Labute approximate surface area is 163 Å². The molecule has 0 bridgehead atoms. The molecule has 0 fully saturated rings. The number of carbonyl (C=O) groups is 1. The van der Waals surface area contributed by atoms with E-state index in [9.17, 15) is 4.79 Å². The van der Waals surface area contributed by atoms with E-state index in [1.807, 2.05) is 37.3 Å². The van der Waals surface area contributed by atoms with Crippen molar-refractivity contribution in [1.82, 2.24) is 9.36 Å². The first kappa shape index (κ1) is 18.2. The Hall–Kier alpha value is -1.60. The normalized spacial score (nSPS) is 10.7. The number of rotatable bonds is 5. The smallest absolute Gasteiger partial charge is 0.234 e. The predicted molar refractivity (Wildman–Crippen MR) is 106 cm³/mol. The van der Waals surface area contributed by atoms with E-state index >= 15 is 0 Å². The molecule has 0 aliphatic rings. The second kappa shape index (κ2) is 8.19. The summed E-state index contributed by atoms with van der Waals surface area (Å²) in [5.74, 6) is 0.686. The fraction of sp³-hybridized carbons (Fsp3) is 0.118. The molecule has 0 saturated heterocycles. The fourth-order valence-electron chi connectivity index (χ4n) is 2.02. The van der Waals surface area contributed by atoms with Crippen molar-refractivity contribution >= 4 is 58.1 Å². The van der Waals surface area contributed by atoms with Crippen molar-refractivity contribution in [3.63, 3.8) is 0 Å². The molecule has 1 aromatic heterocycles. The molecule has 0 unspecified atom stereocenters. The van der Waals surface area contributed by atoms with Crippen LogP contribution in [0, 0.1) is 6.92 Å². The van der Waals surface area contributed by atoms with Crippen molar-refractivity contribution in [2.45, 2.75) is 11.3 Å². The molecule has 0 spiro atoms. The number of amides is 1. The summed E-state index contributed by atoms with van der Waals surface area (Å²) in [6, 6.07) is 12.8. The molecule has 0 aliphatic carbocycles. The number of nitrogens with zero attached hydrogens (tertiary/aromatic N) is 2. The van der Waals surface area contributed by atoms with Gasteiger partial charge in [-0.15, -0.1) is 0 Å². The molecule has 0 radical (unpaired) electrons. The molecule has 3 aromatic rings. The second-order valence-corrected chi connectivity index (χ2v) is 7.95. The zero-order valence-corrected chi connectivity index (χ0v) is 16.3. The standard InChI is InChI=1S/C17H13Cl2N3OS2/c1-10-6-7-11(8-14(10)19)20-15(23)9-24-17-21-16(22-25-17)12-4-2-3-5-13(12)18/h2-8H,9H2,1H3,(H,20,23). The molecular formula is C17H13Cl2N3OS2. The number of aryl methyl sites for hydroxylation is 1. The Kier molecular flexibility index (Phi) is 5.96. The Morgan fingerprint density at radius 3 is 2.76 bits per heavy atom. The number of nitrogens with one attached hydrogen (secondary N) is 1. The lowest BCUT2D eigenvalue weighted by molar-refractivity contribution is -0.113. The molecule has 3 rings (SSSR count). The van der Waals surface area contributed by atoms with Crippen LogP contribution in [-0.2, 0) is 4.79 Å². The Bertz CT molecular complexity index is 914. The van der Waals surface area contributed by atoms with E-state index in [0.717, 1.165) is 11.1 Å². The van der Waals surface area contributed by atoms with Crippen molar-refractivity contribution in [2.24, 2.45) is 0 Å². The van der Waals surface area contributed by atoms with Gasteiger partial charge in [0.1, 0.15) is 0 Å². The largest absolute Gasteiger partial charge is 0.325 e. The molecular weight excluding hydrogens is 397 g/mol. The number of hydrogen-bond donors (Lipinski definition) is 1. The van der Waals surface area contributed by atoms with Gasteiger partial charge in [-0.3, -0.25) is 4.79 Å². The highest BCUT2D eigenvalue weighted by Gasteiger charge is 2.12. The first-order valence-electron chi connectivity index (χ1n) is 7.30. The Balaban J connectivity index is 1.59. The third-order valence-electron chi connectivity index (χ3n) is 3.30. The Morgan fingerprint density at radius 2 is 2.00 bits per heavy atom. The van der Waals surface area contributed by atoms with Crippen molar-refractivity contribution in [3.8, 4) is 11.4 Å². The summed E-state index contributed by atoms with van der Waals surface area (Å²) in [6.07, 6.45) is 0. The van der Waals surface area contributed by atoms with E-state index in [4.69, 9.17) is 23.2 Å². The molecule has 128 valence electrons. The maximum absolute atomic E-state index is 12.1. The van der Waals surface area contributed by atoms with Crippen LogP contribution in [0.25, 0.3) is 11.4 Å². The summed E-state index contributed by atoms with van der Waals surface area (Å²) in [6.45, 7) is 1.91. The molecule has 0 saturated carbocycles. The molecule has 0 atom stereocenters. The minimum atomic E-state index is -0.126. The molecule has 1 amide bonds. The van der Waals surface area contributed by atoms with Crippen LogP contribution in [0.5, 0.6) is 0 Å². The van der Waals surface area contributed by atoms with Crippen LogP contribution in [0.3, 0.4) is 0 Å². The third-order valence-corrected chi connectivity index (χ3v) is 5.87. The van der Waals surface area contributed by atoms with Gasteiger partial charge in [-0.25, -0.2) is 4.98 Å². The summed E-state index contributed by atoms with van der Waals surface area (Å²) >= 11 is 14.8. The lowest BCUT2D eigenvalue weighted by atomic mass is 10.2. The highest BCUT2D eigenvalue weighted by Crippen LogP contribution is 2.29. The monoisotopic (exact) mass is 409 g/mol. The number of carbonyl (C=O) groups excluding carboxylic acids is 1. The summed E-state index contributed by atoms with van der Waals surface area (Å²) in [5.41, 5.74) is 2.43. The molecule has 25 heavy (non-hydrogen) atoms. The zero-order valence-electron chi connectivity index (χ0n) is 13.1. The van der Waals surface area contributed by atoms with Crippen molar-refractivity contribution in [2.75, 3.05) is 11.1 Å². The van der Waals surface area contributed by atoms with Gasteiger partial charge in [-0.05, 0) is 48.3 Å². The van der Waals surface area contributed by atoms with Gasteiger partial charge in [-0.2, -0.15) is 4.37 Å². The van der Waals surface area contributed by atoms with E-state index in [1.54, 1.807) is 12.1 Å². The number of halogens is 2. The van der Waals surface area contributed by atoms with Gasteiger partial charge in [0.15, 0.2) is 10.2 Å². The van der Waals surface area contributed by atoms with Crippen LogP contribution in [0.15, 0.2) is 46.8 Å². The summed E-state index contributed by atoms with van der Waals surface area (Å²) in [7, 11) is 0. The average molecular weight is 410 g/mol. The van der Waals surface area contributed by atoms with E-state index < -0.39 is 0 Å². The molecule has 1 N–H and O–H groups in total. The van der Waals surface area contributed by atoms with E-state index in [1.165, 1.54) is 23.3 Å². The van der Waals surface area contributed by atoms with Gasteiger partial charge < -0.3 is 5.32 Å². The quantitative estimate of drug-likeness (QED) is 0.561. The number of benzene rings is 2. The molecule has 1 heterocycles. The minimum Gasteiger partial charge on any atom is -0.325 e. The predicted octanol–water partition coefficient (Wildman–Crippen LogP) is 5.55. The van der Waals surface area contributed by atoms with Gasteiger partial charge in [-0.1, -0.05) is 53.2 Å². The molecule has 2 aromatic carbocycles. The Morgan fingerprint density at radius 1 is 1.20 bits per heavy atom. The van der Waals surface area contributed by atoms with Gasteiger partial charge in [0.25, 0.3) is 0 Å². The molecule has 4 nitrogen and oxygen atoms in total. The second-order valence-electron chi connectivity index (χ2n) is 5.16. The highest BCUT2D eigenvalue weighted by molar-refractivity contribution is 8.01. The van der Waals surface area contributed by atoms with Crippen LogP contribution < -0.4 is 5.32 Å². The summed E-state index contributed by atoms with van der Waals surface area (Å²) in [5, 5.41) is 4.05. The number of thioether (sulfide) groups is 1. The van der Waals surface area contributed by atoms with E-state index in [0.29, 0.717) is 25.9 Å². The van der Waals surface area contributed by atoms with Crippen molar-refractivity contribution < 1.29 is 4.79 Å². The van der Waals surface area contributed by atoms with Crippen LogP contribution >= 0.6 is 46.5 Å². The van der Waals surface area contributed by atoms with Gasteiger partial charge in [0.2, 0.25) is 5.91 Å². The van der Waals surface area contributed by atoms with E-state index in [2.05, 4.69) is 14.7 Å². The van der Waals surface area contributed by atoms with Crippen LogP contribution in [0.2, 0.25) is 10.0 Å². The first-order valence-corrected chi connectivity index (χ1v) is 9.82. The third kappa shape index (κ3) is 4.73. The summed E-state index contributed by atoms with van der Waals surface area (Å²) in [4.78, 5) is 16.5. The lowest BCUT2D eigenvalue weighted by Gasteiger charge is -2.06. The zero-order chi connectivity index (χ0) is 17.8. The van der Waals surface area contributed by atoms with Gasteiger partial charge in [0.05, 0.1) is 10.8 Å². The van der Waals surface area contributed by atoms with Crippen molar-refractivity contribution in [1.29, 1.82) is 0 Å². The van der Waals surface area contributed by atoms with Crippen LogP contribution in [0.1, 0.15) is 5.56 Å². The van der Waals surface area contributed by atoms with Crippen LogP contribution in [0.4, 0.5) is 5.69 Å². The molecule has 0 aliphatic heterocycles. The molecule has 8 heteroatoms. The summed E-state index contributed by atoms with van der Waals surface area (Å²) < 4.78 is 5.02.